The lowest BCUT2D eigenvalue weighted by molar-refractivity contribution is 0.516. The van der Waals surface area contributed by atoms with Crippen molar-refractivity contribution in [1.29, 1.82) is 5.26 Å². The van der Waals surface area contributed by atoms with Gasteiger partial charge in [-0.3, -0.25) is 4.68 Å². The monoisotopic (exact) mass is 225 g/mol. The van der Waals surface area contributed by atoms with Gasteiger partial charge in [0.1, 0.15) is 0 Å². The number of hydrogen-bond donors (Lipinski definition) is 0. The number of benzene rings is 1. The molecule has 17 heavy (non-hydrogen) atoms. The molecule has 1 aromatic heterocycles. The molecule has 0 aliphatic heterocycles. The highest BCUT2D eigenvalue weighted by Gasteiger charge is 2.11. The number of aromatic nitrogens is 2. The molecule has 0 aliphatic rings. The molecule has 0 amide bonds. The molecule has 0 atom stereocenters. The van der Waals surface area contributed by atoms with Gasteiger partial charge >= 0.3 is 0 Å². The largest absolute Gasteiger partial charge is 0.265 e. The second-order valence-electron chi connectivity index (χ2n) is 4.26. The molecule has 0 bridgehead atoms. The van der Waals surface area contributed by atoms with E-state index in [4.69, 9.17) is 5.26 Å². The summed E-state index contributed by atoms with van der Waals surface area (Å²) in [5.74, 6) is 0. The van der Waals surface area contributed by atoms with Crippen LogP contribution in [0.4, 0.5) is 0 Å². The maximum Gasteiger partial charge on any atom is 0.0926 e. The van der Waals surface area contributed by atoms with Crippen LogP contribution in [0.1, 0.15) is 25.6 Å². The van der Waals surface area contributed by atoms with Crippen LogP contribution in [0.3, 0.4) is 0 Å². The molecule has 3 nitrogen and oxygen atoms in total. The molecule has 0 saturated carbocycles. The second-order valence-corrected chi connectivity index (χ2v) is 4.26. The van der Waals surface area contributed by atoms with Gasteiger partial charge in [-0.2, -0.15) is 10.4 Å². The Hall–Kier alpha value is -2.08. The molecule has 2 aromatic rings. The lowest BCUT2D eigenvalue weighted by Crippen LogP contribution is -2.06. The average molecular weight is 225 g/mol. The van der Waals surface area contributed by atoms with E-state index in [1.807, 2.05) is 41.1 Å². The average Bonchev–Trinajstić information content (AvgIpc) is 2.75. The number of nitrogens with zero attached hydrogens (tertiary/aromatic N) is 3. The van der Waals surface area contributed by atoms with E-state index >= 15 is 0 Å². The van der Waals surface area contributed by atoms with E-state index < -0.39 is 0 Å². The third-order valence-electron chi connectivity index (χ3n) is 2.63. The van der Waals surface area contributed by atoms with Crippen molar-refractivity contribution in [2.45, 2.75) is 26.3 Å². The van der Waals surface area contributed by atoms with Crippen LogP contribution in [-0.4, -0.2) is 9.78 Å². The quantitative estimate of drug-likeness (QED) is 0.805. The number of rotatable bonds is 3. The van der Waals surface area contributed by atoms with Gasteiger partial charge < -0.3 is 0 Å². The van der Waals surface area contributed by atoms with E-state index in [2.05, 4.69) is 25.0 Å². The molecule has 86 valence electrons. The Morgan fingerprint density at radius 3 is 2.59 bits per heavy atom. The van der Waals surface area contributed by atoms with Crippen LogP contribution < -0.4 is 0 Å². The first-order chi connectivity index (χ1) is 8.22. The van der Waals surface area contributed by atoms with E-state index in [9.17, 15) is 0 Å². The second kappa shape index (κ2) is 4.84. The lowest BCUT2D eigenvalue weighted by atomic mass is 10.1. The van der Waals surface area contributed by atoms with Gasteiger partial charge in [0.15, 0.2) is 0 Å². The highest BCUT2D eigenvalue weighted by molar-refractivity contribution is 5.59. The van der Waals surface area contributed by atoms with Crippen molar-refractivity contribution in [1.82, 2.24) is 9.78 Å². The molecule has 0 aliphatic carbocycles. The molecule has 3 heteroatoms. The fourth-order valence-electron chi connectivity index (χ4n) is 1.84. The third-order valence-corrected chi connectivity index (χ3v) is 2.63. The van der Waals surface area contributed by atoms with Crippen LogP contribution in [-0.2, 0) is 6.42 Å². The van der Waals surface area contributed by atoms with Gasteiger partial charge in [-0.15, -0.1) is 0 Å². The summed E-state index contributed by atoms with van der Waals surface area (Å²) in [7, 11) is 0. The summed E-state index contributed by atoms with van der Waals surface area (Å²) in [6.45, 7) is 4.14. The zero-order chi connectivity index (χ0) is 12.3. The predicted octanol–water partition coefficient (Wildman–Crippen LogP) is 3.20. The van der Waals surface area contributed by atoms with Crippen LogP contribution in [0.2, 0.25) is 0 Å². The summed E-state index contributed by atoms with van der Waals surface area (Å²) in [5.41, 5.74) is 3.00. The van der Waals surface area contributed by atoms with Crippen LogP contribution in [0.5, 0.6) is 0 Å². The van der Waals surface area contributed by atoms with Crippen molar-refractivity contribution in [3.8, 4) is 17.3 Å². The minimum Gasteiger partial charge on any atom is -0.265 e. The Labute approximate surface area is 101 Å². The molecule has 0 radical (unpaired) electrons. The minimum absolute atomic E-state index is 0.274. The maximum atomic E-state index is 8.81. The highest BCUT2D eigenvalue weighted by atomic mass is 15.3. The highest BCUT2D eigenvalue weighted by Crippen LogP contribution is 2.21. The molecule has 2 rings (SSSR count). The molecule has 1 aromatic carbocycles. The molecule has 0 fully saturated rings. The van der Waals surface area contributed by atoms with E-state index in [-0.39, 0.29) is 6.04 Å². The molecule has 0 unspecified atom stereocenters. The van der Waals surface area contributed by atoms with Gasteiger partial charge in [0.2, 0.25) is 0 Å². The predicted molar refractivity (Wildman–Crippen MR) is 67.4 cm³/mol. The number of nitriles is 1. The van der Waals surface area contributed by atoms with Crippen molar-refractivity contribution in [3.63, 3.8) is 0 Å². The Morgan fingerprint density at radius 2 is 2.00 bits per heavy atom. The van der Waals surface area contributed by atoms with Crippen molar-refractivity contribution in [3.05, 3.63) is 42.1 Å². The maximum absolute atomic E-state index is 8.81. The van der Waals surface area contributed by atoms with Gasteiger partial charge in [-0.05, 0) is 19.9 Å². The minimum atomic E-state index is 0.274. The van der Waals surface area contributed by atoms with E-state index in [0.29, 0.717) is 6.42 Å². The van der Waals surface area contributed by atoms with Gasteiger partial charge in [-0.1, -0.05) is 30.3 Å². The summed E-state index contributed by atoms with van der Waals surface area (Å²) in [6.07, 6.45) is 0.401. The van der Waals surface area contributed by atoms with E-state index in [1.165, 1.54) is 0 Å². The molecule has 1 heterocycles. The Kier molecular flexibility index (Phi) is 3.24. The summed E-state index contributed by atoms with van der Waals surface area (Å²) in [4.78, 5) is 0. The first-order valence-corrected chi connectivity index (χ1v) is 5.73. The molecule has 0 saturated heterocycles. The van der Waals surface area contributed by atoms with E-state index in [1.54, 1.807) is 0 Å². The first kappa shape index (κ1) is 11.4. The van der Waals surface area contributed by atoms with Crippen LogP contribution in [0, 0.1) is 11.3 Å². The van der Waals surface area contributed by atoms with Crippen molar-refractivity contribution in [2.24, 2.45) is 0 Å². The zero-order valence-corrected chi connectivity index (χ0v) is 10.1. The summed E-state index contributed by atoms with van der Waals surface area (Å²) in [5, 5.41) is 13.4. The molecular formula is C14H15N3. The fourth-order valence-corrected chi connectivity index (χ4v) is 1.84. The summed E-state index contributed by atoms with van der Waals surface area (Å²) < 4.78 is 1.92. The Balaban J connectivity index is 2.44. The third kappa shape index (κ3) is 2.36. The lowest BCUT2D eigenvalue weighted by Gasteiger charge is -2.08. The number of hydrogen-bond acceptors (Lipinski definition) is 2. The standard InChI is InChI=1S/C14H15N3/c1-11(2)17-13(8-9-15)10-14(16-17)12-6-4-3-5-7-12/h3-7,10-11H,8H2,1-2H3. The van der Waals surface area contributed by atoms with Gasteiger partial charge in [0.25, 0.3) is 0 Å². The molecule has 0 N–H and O–H groups in total. The summed E-state index contributed by atoms with van der Waals surface area (Å²) in [6, 6.07) is 14.5. The Morgan fingerprint density at radius 1 is 1.29 bits per heavy atom. The molecular weight excluding hydrogens is 210 g/mol. The summed E-state index contributed by atoms with van der Waals surface area (Å²) >= 11 is 0. The smallest absolute Gasteiger partial charge is 0.0926 e. The van der Waals surface area contributed by atoms with Crippen molar-refractivity contribution in [2.75, 3.05) is 0 Å². The van der Waals surface area contributed by atoms with Gasteiger partial charge in [0, 0.05) is 11.6 Å². The first-order valence-electron chi connectivity index (χ1n) is 5.73. The zero-order valence-electron chi connectivity index (χ0n) is 10.1. The van der Waals surface area contributed by atoms with Crippen LogP contribution >= 0.6 is 0 Å². The van der Waals surface area contributed by atoms with Crippen molar-refractivity contribution >= 4 is 0 Å². The van der Waals surface area contributed by atoms with Gasteiger partial charge in [-0.25, -0.2) is 0 Å². The fraction of sp³-hybridized carbons (Fsp3) is 0.286. The van der Waals surface area contributed by atoms with Gasteiger partial charge in [0.05, 0.1) is 23.9 Å². The molecule has 0 spiro atoms. The van der Waals surface area contributed by atoms with Crippen LogP contribution in [0.25, 0.3) is 11.3 Å². The Bertz CT molecular complexity index is 532. The van der Waals surface area contributed by atoms with Crippen LogP contribution in [0.15, 0.2) is 36.4 Å². The topological polar surface area (TPSA) is 41.6 Å². The normalized spacial score (nSPS) is 10.5. The SMILES string of the molecule is CC(C)n1nc(-c2ccccc2)cc1CC#N. The van der Waals surface area contributed by atoms with E-state index in [0.717, 1.165) is 17.0 Å². The van der Waals surface area contributed by atoms with Crippen molar-refractivity contribution < 1.29 is 0 Å².